The highest BCUT2D eigenvalue weighted by Gasteiger charge is 2.12. The van der Waals surface area contributed by atoms with E-state index in [2.05, 4.69) is 30.5 Å². The molecule has 28 heavy (non-hydrogen) atoms. The average molecular weight is 372 g/mol. The Morgan fingerprint density at radius 2 is 1.75 bits per heavy atom. The molecular formula is C21H20N6O. The van der Waals surface area contributed by atoms with Gasteiger partial charge in [-0.15, -0.1) is 0 Å². The van der Waals surface area contributed by atoms with E-state index in [1.165, 1.54) is 6.33 Å². The summed E-state index contributed by atoms with van der Waals surface area (Å²) < 4.78 is 5.58. The first-order chi connectivity index (χ1) is 13.6. The van der Waals surface area contributed by atoms with Crippen LogP contribution < -0.4 is 10.1 Å². The lowest BCUT2D eigenvalue weighted by molar-refractivity contribution is 0.419. The summed E-state index contributed by atoms with van der Waals surface area (Å²) in [5.74, 6) is 1.40. The zero-order valence-corrected chi connectivity index (χ0v) is 16.0. The molecule has 0 bridgehead atoms. The van der Waals surface area contributed by atoms with Crippen LogP contribution in [0.4, 0.5) is 5.82 Å². The van der Waals surface area contributed by atoms with E-state index in [0.29, 0.717) is 18.1 Å². The molecule has 7 heteroatoms. The molecule has 0 amide bonds. The molecule has 0 saturated heterocycles. The second-order valence-electron chi connectivity index (χ2n) is 6.50. The van der Waals surface area contributed by atoms with E-state index >= 15 is 0 Å². The number of rotatable bonds is 5. The number of benzene rings is 1. The van der Waals surface area contributed by atoms with E-state index in [1.54, 1.807) is 7.11 Å². The third kappa shape index (κ3) is 3.59. The van der Waals surface area contributed by atoms with Crippen LogP contribution >= 0.6 is 0 Å². The van der Waals surface area contributed by atoms with Crippen LogP contribution in [-0.4, -0.2) is 32.3 Å². The van der Waals surface area contributed by atoms with Crippen LogP contribution in [-0.2, 0) is 6.54 Å². The molecule has 0 saturated carbocycles. The Kier molecular flexibility index (Phi) is 4.80. The number of pyridine rings is 1. The molecule has 140 valence electrons. The Balaban J connectivity index is 1.75. The minimum Gasteiger partial charge on any atom is -0.494 e. The second-order valence-corrected chi connectivity index (χ2v) is 6.50. The molecule has 3 aromatic heterocycles. The predicted molar refractivity (Wildman–Crippen MR) is 108 cm³/mol. The quantitative estimate of drug-likeness (QED) is 0.571. The molecule has 0 radical (unpaired) electrons. The fourth-order valence-corrected chi connectivity index (χ4v) is 2.93. The van der Waals surface area contributed by atoms with Crippen LogP contribution in [0.25, 0.3) is 22.0 Å². The van der Waals surface area contributed by atoms with Crippen LogP contribution in [0.3, 0.4) is 0 Å². The molecular weight excluding hydrogens is 352 g/mol. The van der Waals surface area contributed by atoms with Crippen molar-refractivity contribution in [2.24, 2.45) is 0 Å². The maximum atomic E-state index is 5.58. The number of fused-ring (bicyclic) bond motifs is 1. The van der Waals surface area contributed by atoms with Gasteiger partial charge < -0.3 is 10.1 Å². The molecule has 3 heterocycles. The summed E-state index contributed by atoms with van der Waals surface area (Å²) in [4.78, 5) is 13.2. The van der Waals surface area contributed by atoms with E-state index in [-0.39, 0.29) is 0 Å². The van der Waals surface area contributed by atoms with Gasteiger partial charge in [0.15, 0.2) is 0 Å². The summed E-state index contributed by atoms with van der Waals surface area (Å²) in [6.45, 7) is 4.39. The minimum atomic E-state index is 0.512. The van der Waals surface area contributed by atoms with Crippen LogP contribution in [0, 0.1) is 13.8 Å². The number of hydrogen-bond acceptors (Lipinski definition) is 7. The molecule has 0 atom stereocenters. The van der Waals surface area contributed by atoms with Crippen LogP contribution in [0.15, 0.2) is 48.9 Å². The van der Waals surface area contributed by atoms with Gasteiger partial charge in [-0.1, -0.05) is 6.07 Å². The summed E-state index contributed by atoms with van der Waals surface area (Å²) >= 11 is 0. The standard InChI is InChI=1S/C21H20N6O/c1-13-4-6-15(10-22-13)16-8-18-20(19(9-16)28-3)24-12-25-21(18)23-11-17-7-5-14(2)26-27-17/h4-10,12H,11H2,1-3H3,(H,23,24,25). The van der Waals surface area contributed by atoms with Gasteiger partial charge >= 0.3 is 0 Å². The summed E-state index contributed by atoms with van der Waals surface area (Å²) in [7, 11) is 1.64. The molecule has 0 spiro atoms. The highest BCUT2D eigenvalue weighted by Crippen LogP contribution is 2.33. The van der Waals surface area contributed by atoms with Crippen molar-refractivity contribution in [3.8, 4) is 16.9 Å². The van der Waals surface area contributed by atoms with Gasteiger partial charge in [0.05, 0.1) is 25.0 Å². The molecule has 4 rings (SSSR count). The van der Waals surface area contributed by atoms with Crippen molar-refractivity contribution in [3.05, 3.63) is 66.0 Å². The van der Waals surface area contributed by atoms with E-state index in [4.69, 9.17) is 4.74 Å². The Hall–Kier alpha value is -3.61. The monoisotopic (exact) mass is 372 g/mol. The maximum absolute atomic E-state index is 5.58. The van der Waals surface area contributed by atoms with Crippen LogP contribution in [0.1, 0.15) is 17.1 Å². The first-order valence-corrected chi connectivity index (χ1v) is 8.93. The molecule has 0 aliphatic rings. The number of ether oxygens (including phenoxy) is 1. The van der Waals surface area contributed by atoms with Gasteiger partial charge in [0.2, 0.25) is 0 Å². The van der Waals surface area contributed by atoms with Gasteiger partial charge in [0, 0.05) is 22.8 Å². The molecule has 0 aliphatic heterocycles. The smallest absolute Gasteiger partial charge is 0.145 e. The fraction of sp³-hybridized carbons (Fsp3) is 0.190. The van der Waals surface area contributed by atoms with Crippen molar-refractivity contribution in [1.82, 2.24) is 25.1 Å². The van der Waals surface area contributed by atoms with Crippen LogP contribution in [0.2, 0.25) is 0 Å². The average Bonchev–Trinajstić information content (AvgIpc) is 2.73. The van der Waals surface area contributed by atoms with Crippen molar-refractivity contribution >= 4 is 16.7 Å². The van der Waals surface area contributed by atoms with Crippen molar-refractivity contribution in [2.75, 3.05) is 12.4 Å². The van der Waals surface area contributed by atoms with Gasteiger partial charge in [0.25, 0.3) is 0 Å². The highest BCUT2D eigenvalue weighted by molar-refractivity contribution is 5.96. The second kappa shape index (κ2) is 7.56. The minimum absolute atomic E-state index is 0.512. The Morgan fingerprint density at radius 1 is 0.893 bits per heavy atom. The normalized spacial score (nSPS) is 10.8. The Morgan fingerprint density at radius 3 is 2.46 bits per heavy atom. The lowest BCUT2D eigenvalue weighted by Gasteiger charge is -2.12. The van der Waals surface area contributed by atoms with Gasteiger partial charge in [-0.2, -0.15) is 10.2 Å². The largest absolute Gasteiger partial charge is 0.494 e. The van der Waals surface area contributed by atoms with E-state index in [0.717, 1.165) is 39.1 Å². The molecule has 1 aromatic carbocycles. The summed E-state index contributed by atoms with van der Waals surface area (Å²) in [6, 6.07) is 11.9. The molecule has 0 fully saturated rings. The first kappa shape index (κ1) is 17.8. The van der Waals surface area contributed by atoms with E-state index in [1.807, 2.05) is 56.4 Å². The molecule has 4 aromatic rings. The fourth-order valence-electron chi connectivity index (χ4n) is 2.93. The first-order valence-electron chi connectivity index (χ1n) is 8.93. The Bertz CT molecular complexity index is 1110. The SMILES string of the molecule is COc1cc(-c2ccc(C)nc2)cc2c(NCc3ccc(C)nn3)ncnc12. The molecule has 1 N–H and O–H groups in total. The number of hydrogen-bond donors (Lipinski definition) is 1. The van der Waals surface area contributed by atoms with E-state index < -0.39 is 0 Å². The topological polar surface area (TPSA) is 85.7 Å². The number of aromatic nitrogens is 5. The van der Waals surface area contributed by atoms with Crippen molar-refractivity contribution in [3.63, 3.8) is 0 Å². The zero-order valence-electron chi connectivity index (χ0n) is 16.0. The number of nitrogens with one attached hydrogen (secondary N) is 1. The van der Waals surface area contributed by atoms with Crippen molar-refractivity contribution < 1.29 is 4.74 Å². The third-order valence-electron chi connectivity index (χ3n) is 4.46. The third-order valence-corrected chi connectivity index (χ3v) is 4.46. The maximum Gasteiger partial charge on any atom is 0.145 e. The number of anilines is 1. The van der Waals surface area contributed by atoms with Gasteiger partial charge in [-0.3, -0.25) is 4.98 Å². The highest BCUT2D eigenvalue weighted by atomic mass is 16.5. The lowest BCUT2D eigenvalue weighted by atomic mass is 10.0. The number of nitrogens with zero attached hydrogens (tertiary/aromatic N) is 5. The van der Waals surface area contributed by atoms with E-state index in [9.17, 15) is 0 Å². The van der Waals surface area contributed by atoms with Gasteiger partial charge in [0.1, 0.15) is 23.4 Å². The number of methoxy groups -OCH3 is 1. The zero-order chi connectivity index (χ0) is 19.5. The predicted octanol–water partition coefficient (Wildman–Crippen LogP) is 3.72. The summed E-state index contributed by atoms with van der Waals surface area (Å²) in [6.07, 6.45) is 3.38. The Labute approximate surface area is 162 Å². The number of aryl methyl sites for hydroxylation is 2. The molecule has 7 nitrogen and oxygen atoms in total. The van der Waals surface area contributed by atoms with Gasteiger partial charge in [-0.05, 0) is 49.7 Å². The van der Waals surface area contributed by atoms with Crippen molar-refractivity contribution in [1.29, 1.82) is 0 Å². The van der Waals surface area contributed by atoms with Gasteiger partial charge in [-0.25, -0.2) is 9.97 Å². The molecule has 0 unspecified atom stereocenters. The summed E-state index contributed by atoms with van der Waals surface area (Å²) in [5.41, 5.74) is 5.44. The molecule has 0 aliphatic carbocycles. The van der Waals surface area contributed by atoms with Crippen molar-refractivity contribution in [2.45, 2.75) is 20.4 Å². The summed E-state index contributed by atoms with van der Waals surface area (Å²) in [5, 5.41) is 12.5. The van der Waals surface area contributed by atoms with Crippen LogP contribution in [0.5, 0.6) is 5.75 Å². The lowest BCUT2D eigenvalue weighted by Crippen LogP contribution is -2.05.